The highest BCUT2D eigenvalue weighted by Gasteiger charge is 2.32. The molecule has 0 aliphatic rings. The molecule has 2 aromatic carbocycles. The fourth-order valence-corrected chi connectivity index (χ4v) is 5.42. The standard InChI is InChI=1S/C26H33N6O5P/c1-18(25(33)36-14-26(2,3)4)31-38(34,37-21-11-7-9-19-8-5-6-10-20(19)21)17-35-13-12-32-16-30-22-23(27)28-15-29-24(22)32/h5-11,15-16,18H,12-14,17H2,1-4H3,(H,31,34)(H2,27,28,29)/t18-,38?/m0/s1. The number of carbonyl (C=O) groups excluding carboxylic acids is 1. The summed E-state index contributed by atoms with van der Waals surface area (Å²) in [5.41, 5.74) is 6.73. The SMILES string of the molecule is C[C@H](NP(=O)(COCCn1cnc2c(N)ncnc21)Oc1cccc2ccccc12)C(=O)OCC(C)(C)C. The van der Waals surface area contributed by atoms with Crippen molar-refractivity contribution in [1.29, 1.82) is 0 Å². The molecular weight excluding hydrogens is 507 g/mol. The van der Waals surface area contributed by atoms with E-state index >= 15 is 0 Å². The highest BCUT2D eigenvalue weighted by atomic mass is 31.2. The van der Waals surface area contributed by atoms with Crippen molar-refractivity contribution in [3.63, 3.8) is 0 Å². The summed E-state index contributed by atoms with van der Waals surface area (Å²) < 4.78 is 33.1. The van der Waals surface area contributed by atoms with Crippen molar-refractivity contribution >= 4 is 41.2 Å². The van der Waals surface area contributed by atoms with E-state index in [0.717, 1.165) is 10.8 Å². The van der Waals surface area contributed by atoms with Gasteiger partial charge in [-0.05, 0) is 23.8 Å². The van der Waals surface area contributed by atoms with Crippen molar-refractivity contribution in [3.05, 3.63) is 55.1 Å². The minimum absolute atomic E-state index is 0.183. The summed E-state index contributed by atoms with van der Waals surface area (Å²) in [6, 6.07) is 12.2. The van der Waals surface area contributed by atoms with Crippen LogP contribution in [0.1, 0.15) is 27.7 Å². The minimum Gasteiger partial charge on any atom is -0.464 e. The number of aromatic nitrogens is 4. The lowest BCUT2D eigenvalue weighted by Gasteiger charge is -2.25. The lowest BCUT2D eigenvalue weighted by molar-refractivity contribution is -0.148. The first kappa shape index (κ1) is 27.5. The lowest BCUT2D eigenvalue weighted by atomic mass is 9.99. The van der Waals surface area contributed by atoms with Gasteiger partial charge in [-0.2, -0.15) is 0 Å². The van der Waals surface area contributed by atoms with Crippen LogP contribution in [0.5, 0.6) is 5.75 Å². The van der Waals surface area contributed by atoms with E-state index in [1.54, 1.807) is 23.9 Å². The van der Waals surface area contributed by atoms with E-state index in [9.17, 15) is 9.36 Å². The molecule has 3 N–H and O–H groups in total. The van der Waals surface area contributed by atoms with Crippen LogP contribution in [0.4, 0.5) is 5.82 Å². The van der Waals surface area contributed by atoms with Crippen LogP contribution in [0.25, 0.3) is 21.9 Å². The van der Waals surface area contributed by atoms with Crippen LogP contribution in [0.3, 0.4) is 0 Å². The Morgan fingerprint density at radius 2 is 1.89 bits per heavy atom. The number of hydrogen-bond donors (Lipinski definition) is 2. The fourth-order valence-electron chi connectivity index (χ4n) is 3.69. The Hall–Kier alpha value is -3.53. The van der Waals surface area contributed by atoms with E-state index in [1.165, 1.54) is 6.33 Å². The van der Waals surface area contributed by atoms with Crippen molar-refractivity contribution in [1.82, 2.24) is 24.6 Å². The van der Waals surface area contributed by atoms with Crippen LogP contribution >= 0.6 is 7.52 Å². The number of imidazole rings is 1. The van der Waals surface area contributed by atoms with Gasteiger partial charge in [-0.1, -0.05) is 57.2 Å². The van der Waals surface area contributed by atoms with Gasteiger partial charge in [-0.25, -0.2) is 20.0 Å². The van der Waals surface area contributed by atoms with Gasteiger partial charge < -0.3 is 24.3 Å². The number of benzene rings is 2. The average molecular weight is 541 g/mol. The van der Waals surface area contributed by atoms with Gasteiger partial charge in [-0.3, -0.25) is 9.36 Å². The Morgan fingerprint density at radius 3 is 2.68 bits per heavy atom. The van der Waals surface area contributed by atoms with Gasteiger partial charge in [0.15, 0.2) is 11.5 Å². The van der Waals surface area contributed by atoms with Crippen LogP contribution in [0.2, 0.25) is 0 Å². The number of ether oxygens (including phenoxy) is 2. The summed E-state index contributed by atoms with van der Waals surface area (Å²) >= 11 is 0. The van der Waals surface area contributed by atoms with Crippen LogP contribution in [-0.4, -0.2) is 51.1 Å². The second-order valence-corrected chi connectivity index (χ2v) is 12.2. The number of carbonyl (C=O) groups is 1. The van der Waals surface area contributed by atoms with E-state index in [1.807, 2.05) is 57.2 Å². The summed E-state index contributed by atoms with van der Waals surface area (Å²) in [6.07, 6.45) is 2.68. The Morgan fingerprint density at radius 1 is 1.13 bits per heavy atom. The van der Waals surface area contributed by atoms with Crippen LogP contribution in [-0.2, 0) is 25.4 Å². The molecule has 1 unspecified atom stereocenters. The molecule has 4 aromatic rings. The zero-order valence-electron chi connectivity index (χ0n) is 22.0. The van der Waals surface area contributed by atoms with Gasteiger partial charge in [-0.15, -0.1) is 0 Å². The number of nitrogens with one attached hydrogen (secondary N) is 1. The van der Waals surface area contributed by atoms with Gasteiger partial charge >= 0.3 is 13.5 Å². The molecule has 0 spiro atoms. The monoisotopic (exact) mass is 540 g/mol. The summed E-state index contributed by atoms with van der Waals surface area (Å²) in [4.78, 5) is 25.0. The molecule has 0 radical (unpaired) electrons. The summed E-state index contributed by atoms with van der Waals surface area (Å²) in [5.74, 6) is 0.189. The molecule has 0 aliphatic heterocycles. The second kappa shape index (κ2) is 11.5. The summed E-state index contributed by atoms with van der Waals surface area (Å²) in [7, 11) is -3.73. The van der Waals surface area contributed by atoms with Crippen LogP contribution in [0, 0.1) is 5.41 Å². The van der Waals surface area contributed by atoms with Crippen molar-refractivity contribution in [2.75, 3.05) is 25.3 Å². The third-order valence-corrected chi connectivity index (χ3v) is 7.35. The van der Waals surface area contributed by atoms with E-state index < -0.39 is 19.5 Å². The Balaban J connectivity index is 1.48. The van der Waals surface area contributed by atoms with Crippen molar-refractivity contribution in [2.45, 2.75) is 40.3 Å². The van der Waals surface area contributed by atoms with Gasteiger partial charge in [0, 0.05) is 11.9 Å². The molecule has 0 bridgehead atoms. The van der Waals surface area contributed by atoms with E-state index in [-0.39, 0.29) is 25.0 Å². The number of nitrogen functional groups attached to an aromatic ring is 1. The molecule has 0 saturated carbocycles. The largest absolute Gasteiger partial charge is 0.464 e. The Labute approximate surface area is 221 Å². The van der Waals surface area contributed by atoms with Crippen molar-refractivity contribution < 1.29 is 23.4 Å². The van der Waals surface area contributed by atoms with E-state index in [2.05, 4.69) is 20.0 Å². The maximum absolute atomic E-state index is 14.0. The van der Waals surface area contributed by atoms with Crippen LogP contribution in [0.15, 0.2) is 55.1 Å². The molecule has 38 heavy (non-hydrogen) atoms. The maximum atomic E-state index is 14.0. The number of anilines is 1. The number of nitrogens with zero attached hydrogens (tertiary/aromatic N) is 4. The Kier molecular flexibility index (Phi) is 8.30. The molecule has 2 aromatic heterocycles. The molecular formula is C26H33N6O5P. The molecule has 0 fully saturated rings. The first-order chi connectivity index (χ1) is 18.0. The Bertz CT molecular complexity index is 1460. The minimum atomic E-state index is -3.73. The number of nitrogens with two attached hydrogens (primary N) is 1. The molecule has 0 aliphatic carbocycles. The topological polar surface area (TPSA) is 143 Å². The lowest BCUT2D eigenvalue weighted by Crippen LogP contribution is -2.36. The van der Waals surface area contributed by atoms with Gasteiger partial charge in [0.2, 0.25) is 0 Å². The van der Waals surface area contributed by atoms with Crippen molar-refractivity contribution in [2.24, 2.45) is 5.41 Å². The molecule has 2 atom stereocenters. The predicted molar refractivity (Wildman–Crippen MR) is 146 cm³/mol. The summed E-state index contributed by atoms with van der Waals surface area (Å²) in [5, 5.41) is 4.58. The highest BCUT2D eigenvalue weighted by Crippen LogP contribution is 2.45. The molecule has 0 saturated heterocycles. The van der Waals surface area contributed by atoms with E-state index in [0.29, 0.717) is 29.3 Å². The number of hydrogen-bond acceptors (Lipinski definition) is 9. The number of rotatable bonds is 11. The van der Waals surface area contributed by atoms with Gasteiger partial charge in [0.25, 0.3) is 0 Å². The quantitative estimate of drug-likeness (QED) is 0.160. The highest BCUT2D eigenvalue weighted by molar-refractivity contribution is 7.57. The first-order valence-electron chi connectivity index (χ1n) is 12.2. The van der Waals surface area contributed by atoms with Gasteiger partial charge in [0.1, 0.15) is 30.0 Å². The van der Waals surface area contributed by atoms with Crippen molar-refractivity contribution in [3.8, 4) is 5.75 Å². The molecule has 11 nitrogen and oxygen atoms in total. The molecule has 12 heteroatoms. The maximum Gasteiger partial charge on any atom is 0.342 e. The average Bonchev–Trinajstić information content (AvgIpc) is 3.29. The zero-order valence-corrected chi connectivity index (χ0v) is 22.9. The van der Waals surface area contributed by atoms with Gasteiger partial charge in [0.05, 0.1) is 19.5 Å². The molecule has 4 rings (SSSR count). The first-order valence-corrected chi connectivity index (χ1v) is 14.1. The van der Waals surface area contributed by atoms with Crippen LogP contribution < -0.4 is 15.3 Å². The number of fused-ring (bicyclic) bond motifs is 2. The summed E-state index contributed by atoms with van der Waals surface area (Å²) in [6.45, 7) is 8.27. The predicted octanol–water partition coefficient (Wildman–Crippen LogP) is 4.38. The smallest absolute Gasteiger partial charge is 0.342 e. The molecule has 0 amide bonds. The normalized spacial score (nSPS) is 14.3. The zero-order chi connectivity index (χ0) is 27.3. The fraction of sp³-hybridized carbons (Fsp3) is 0.385. The van der Waals surface area contributed by atoms with E-state index in [4.69, 9.17) is 19.7 Å². The molecule has 202 valence electrons. The third-order valence-electron chi connectivity index (χ3n) is 5.55. The second-order valence-electron chi connectivity index (χ2n) is 10.2. The molecule has 2 heterocycles. The third kappa shape index (κ3) is 6.86. The number of esters is 1.